The van der Waals surface area contributed by atoms with Crippen molar-refractivity contribution in [2.24, 2.45) is 0 Å². The van der Waals surface area contributed by atoms with Crippen molar-refractivity contribution < 1.29 is 0 Å². The molecule has 1 unspecified atom stereocenters. The predicted octanol–water partition coefficient (Wildman–Crippen LogP) is 3.12. The van der Waals surface area contributed by atoms with Gasteiger partial charge in [0.2, 0.25) is 0 Å². The highest BCUT2D eigenvalue weighted by Gasteiger charge is 2.20. The van der Waals surface area contributed by atoms with Gasteiger partial charge in [-0.05, 0) is 31.5 Å². The summed E-state index contributed by atoms with van der Waals surface area (Å²) in [7, 11) is 0. The summed E-state index contributed by atoms with van der Waals surface area (Å²) in [5.74, 6) is 0. The van der Waals surface area contributed by atoms with Crippen molar-refractivity contribution in [1.82, 2.24) is 20.2 Å². The molecule has 0 spiro atoms. The Labute approximate surface area is 133 Å². The van der Waals surface area contributed by atoms with Crippen molar-refractivity contribution in [2.45, 2.75) is 38.3 Å². The Kier molecular flexibility index (Phi) is 5.62. The van der Waals surface area contributed by atoms with E-state index < -0.39 is 0 Å². The Morgan fingerprint density at radius 3 is 2.55 bits per heavy atom. The quantitative estimate of drug-likeness (QED) is 0.861. The van der Waals surface area contributed by atoms with Crippen LogP contribution in [0.15, 0.2) is 42.9 Å². The Morgan fingerprint density at radius 1 is 1.09 bits per heavy atom. The molecule has 1 saturated heterocycles. The zero-order chi connectivity index (χ0) is 15.0. The monoisotopic (exact) mass is 298 g/mol. The standard InChI is InChI=1S/C18H26N4/c1-2-7-11-22(10-6-1)18(16-8-4-3-5-9-16)14-19-12-17-13-20-15-21-17/h3-5,8-9,13,15,18-19H,1-2,6-7,10-12,14H2,(H,20,21). The van der Waals surface area contributed by atoms with Crippen LogP contribution in [0.5, 0.6) is 0 Å². The number of nitrogens with zero attached hydrogens (tertiary/aromatic N) is 2. The summed E-state index contributed by atoms with van der Waals surface area (Å²) in [6.45, 7) is 4.25. The lowest BCUT2D eigenvalue weighted by Crippen LogP contribution is -2.36. The third-order valence-electron chi connectivity index (χ3n) is 4.47. The highest BCUT2D eigenvalue weighted by Crippen LogP contribution is 2.23. The van der Waals surface area contributed by atoms with Crippen molar-refractivity contribution >= 4 is 0 Å². The Balaban J connectivity index is 1.65. The molecule has 3 rings (SSSR count). The number of rotatable bonds is 6. The van der Waals surface area contributed by atoms with Gasteiger partial charge in [0.05, 0.1) is 6.33 Å². The SMILES string of the molecule is c1ccc(C(CNCc2cnc[nH]2)N2CCCCCC2)cc1. The summed E-state index contributed by atoms with van der Waals surface area (Å²) < 4.78 is 0. The van der Waals surface area contributed by atoms with Crippen molar-refractivity contribution in [3.8, 4) is 0 Å². The van der Waals surface area contributed by atoms with Crippen LogP contribution in [0.2, 0.25) is 0 Å². The van der Waals surface area contributed by atoms with Crippen LogP contribution >= 0.6 is 0 Å². The van der Waals surface area contributed by atoms with Gasteiger partial charge >= 0.3 is 0 Å². The van der Waals surface area contributed by atoms with Gasteiger partial charge in [-0.25, -0.2) is 4.98 Å². The second-order valence-corrected chi connectivity index (χ2v) is 6.08. The number of hydrogen-bond donors (Lipinski definition) is 2. The maximum Gasteiger partial charge on any atom is 0.0922 e. The fourth-order valence-electron chi connectivity index (χ4n) is 3.26. The number of hydrogen-bond acceptors (Lipinski definition) is 3. The minimum atomic E-state index is 0.460. The van der Waals surface area contributed by atoms with Crippen LogP contribution in [-0.2, 0) is 6.54 Å². The zero-order valence-electron chi connectivity index (χ0n) is 13.2. The van der Waals surface area contributed by atoms with Crippen LogP contribution in [0.3, 0.4) is 0 Å². The van der Waals surface area contributed by atoms with Gasteiger partial charge in [0, 0.05) is 31.0 Å². The van der Waals surface area contributed by atoms with E-state index in [1.807, 2.05) is 6.20 Å². The molecule has 1 aliphatic heterocycles. The summed E-state index contributed by atoms with van der Waals surface area (Å²) in [4.78, 5) is 9.88. The van der Waals surface area contributed by atoms with Gasteiger partial charge < -0.3 is 10.3 Å². The molecule has 1 fully saturated rings. The Bertz CT molecular complexity index is 515. The summed E-state index contributed by atoms with van der Waals surface area (Å²) in [6.07, 6.45) is 9.02. The van der Waals surface area contributed by atoms with Gasteiger partial charge in [0.1, 0.15) is 0 Å². The Morgan fingerprint density at radius 2 is 1.86 bits per heavy atom. The van der Waals surface area contributed by atoms with E-state index >= 15 is 0 Å². The number of benzene rings is 1. The van der Waals surface area contributed by atoms with Gasteiger partial charge in [0.25, 0.3) is 0 Å². The fraction of sp³-hybridized carbons (Fsp3) is 0.500. The molecule has 0 radical (unpaired) electrons. The van der Waals surface area contributed by atoms with Crippen LogP contribution in [0, 0.1) is 0 Å². The van der Waals surface area contributed by atoms with Gasteiger partial charge in [-0.15, -0.1) is 0 Å². The molecule has 1 aliphatic rings. The first-order valence-electron chi connectivity index (χ1n) is 8.40. The van der Waals surface area contributed by atoms with Gasteiger partial charge in [-0.1, -0.05) is 43.2 Å². The molecular formula is C18H26N4. The molecule has 0 bridgehead atoms. The molecule has 0 aliphatic carbocycles. The lowest BCUT2D eigenvalue weighted by molar-refractivity contribution is 0.199. The number of nitrogens with one attached hydrogen (secondary N) is 2. The van der Waals surface area contributed by atoms with E-state index in [0.29, 0.717) is 6.04 Å². The molecule has 4 heteroatoms. The molecule has 4 nitrogen and oxygen atoms in total. The van der Waals surface area contributed by atoms with E-state index in [-0.39, 0.29) is 0 Å². The number of aromatic amines is 1. The lowest BCUT2D eigenvalue weighted by Gasteiger charge is -2.31. The summed E-state index contributed by atoms with van der Waals surface area (Å²) in [5.41, 5.74) is 2.56. The third-order valence-corrected chi connectivity index (χ3v) is 4.47. The first-order valence-corrected chi connectivity index (χ1v) is 8.40. The Hall–Kier alpha value is -1.65. The maximum atomic E-state index is 4.07. The second-order valence-electron chi connectivity index (χ2n) is 6.08. The van der Waals surface area contributed by atoms with E-state index in [4.69, 9.17) is 0 Å². The van der Waals surface area contributed by atoms with Gasteiger partial charge in [-0.2, -0.15) is 0 Å². The molecule has 1 aromatic heterocycles. The molecule has 0 saturated carbocycles. The lowest BCUT2D eigenvalue weighted by atomic mass is 10.0. The van der Waals surface area contributed by atoms with Crippen molar-refractivity contribution in [1.29, 1.82) is 0 Å². The zero-order valence-corrected chi connectivity index (χ0v) is 13.2. The molecule has 118 valence electrons. The average Bonchev–Trinajstić information content (AvgIpc) is 2.94. The normalized spacial score (nSPS) is 18.0. The van der Waals surface area contributed by atoms with E-state index in [1.54, 1.807) is 6.33 Å². The largest absolute Gasteiger partial charge is 0.347 e. The van der Waals surface area contributed by atoms with E-state index in [9.17, 15) is 0 Å². The van der Waals surface area contributed by atoms with Crippen LogP contribution in [0.1, 0.15) is 43.0 Å². The van der Waals surface area contributed by atoms with E-state index in [2.05, 4.69) is 50.5 Å². The van der Waals surface area contributed by atoms with Crippen molar-refractivity contribution in [2.75, 3.05) is 19.6 Å². The third kappa shape index (κ3) is 4.18. The number of aromatic nitrogens is 2. The molecular weight excluding hydrogens is 272 g/mol. The maximum absolute atomic E-state index is 4.07. The second kappa shape index (κ2) is 8.11. The first kappa shape index (κ1) is 15.3. The van der Waals surface area contributed by atoms with E-state index in [0.717, 1.165) is 18.8 Å². The average molecular weight is 298 g/mol. The van der Waals surface area contributed by atoms with Crippen molar-refractivity contribution in [3.05, 3.63) is 54.1 Å². The minimum absolute atomic E-state index is 0.460. The molecule has 2 aromatic rings. The van der Waals surface area contributed by atoms with E-state index in [1.165, 1.54) is 44.3 Å². The fourth-order valence-corrected chi connectivity index (χ4v) is 3.26. The summed E-state index contributed by atoms with van der Waals surface area (Å²) in [5, 5.41) is 3.59. The molecule has 1 aromatic carbocycles. The smallest absolute Gasteiger partial charge is 0.0922 e. The summed E-state index contributed by atoms with van der Waals surface area (Å²) in [6, 6.07) is 11.4. The molecule has 2 N–H and O–H groups in total. The van der Waals surface area contributed by atoms with Gasteiger partial charge in [0.15, 0.2) is 0 Å². The number of H-pyrrole nitrogens is 1. The van der Waals surface area contributed by atoms with Gasteiger partial charge in [-0.3, -0.25) is 4.90 Å². The van der Waals surface area contributed by atoms with Crippen LogP contribution in [0.25, 0.3) is 0 Å². The number of imidazole rings is 1. The topological polar surface area (TPSA) is 44.0 Å². The van der Waals surface area contributed by atoms with Crippen LogP contribution < -0.4 is 5.32 Å². The molecule has 0 amide bonds. The summed E-state index contributed by atoms with van der Waals surface area (Å²) >= 11 is 0. The van der Waals surface area contributed by atoms with Crippen molar-refractivity contribution in [3.63, 3.8) is 0 Å². The molecule has 2 heterocycles. The molecule has 22 heavy (non-hydrogen) atoms. The predicted molar refractivity (Wildman–Crippen MR) is 89.5 cm³/mol. The number of likely N-dealkylation sites (tertiary alicyclic amines) is 1. The van der Waals surface area contributed by atoms with Crippen LogP contribution in [0.4, 0.5) is 0 Å². The highest BCUT2D eigenvalue weighted by molar-refractivity contribution is 5.19. The molecule has 1 atom stereocenters. The van der Waals surface area contributed by atoms with Crippen LogP contribution in [-0.4, -0.2) is 34.5 Å². The minimum Gasteiger partial charge on any atom is -0.347 e. The first-order chi connectivity index (χ1) is 10.9. The highest BCUT2D eigenvalue weighted by atomic mass is 15.2.